The van der Waals surface area contributed by atoms with Gasteiger partial charge in [-0.25, -0.2) is 0 Å². The molecule has 0 radical (unpaired) electrons. The van der Waals surface area contributed by atoms with Crippen molar-refractivity contribution in [2.45, 2.75) is 25.2 Å². The van der Waals surface area contributed by atoms with Crippen molar-refractivity contribution in [3.63, 3.8) is 0 Å². The third-order valence-corrected chi connectivity index (χ3v) is 10.6. The van der Waals surface area contributed by atoms with Crippen molar-refractivity contribution < 1.29 is 72.4 Å². The molecule has 0 aliphatic heterocycles. The van der Waals surface area contributed by atoms with Crippen LogP contribution < -0.4 is 24.8 Å². The Kier molecular flexibility index (Phi) is 8.07. The number of hydrogen-bond acceptors (Lipinski definition) is 0. The van der Waals surface area contributed by atoms with Crippen molar-refractivity contribution in [3.05, 3.63) is 43.0 Å². The summed E-state index contributed by atoms with van der Waals surface area (Å²) >= 11 is -4.14. The number of halogens is 8. The van der Waals surface area contributed by atoms with E-state index in [-0.39, 0.29) is 37.7 Å². The molecule has 0 fully saturated rings. The van der Waals surface area contributed by atoms with E-state index in [9.17, 15) is 26.3 Å². The maximum absolute atomic E-state index is 13.0. The Morgan fingerprint density at radius 2 is 1.14 bits per heavy atom. The molecule has 0 spiro atoms. The Morgan fingerprint density at radius 1 is 0.773 bits per heavy atom. The predicted octanol–water partition coefficient (Wildman–Crippen LogP) is -1.40. The maximum atomic E-state index is 13.0. The van der Waals surface area contributed by atoms with Gasteiger partial charge in [0.1, 0.15) is 0 Å². The predicted molar refractivity (Wildman–Crippen MR) is 60.8 cm³/mol. The fraction of sp³-hybridized carbons (Fsp3) is 0.308. The average molecular weight is 442 g/mol. The molecule has 0 nitrogen and oxygen atoms in total. The molecule has 0 aromatic rings. The summed E-state index contributed by atoms with van der Waals surface area (Å²) in [5.74, 6) is 0. The van der Waals surface area contributed by atoms with Crippen LogP contribution in [0.3, 0.4) is 0 Å². The van der Waals surface area contributed by atoms with Crippen LogP contribution in [0.25, 0.3) is 0 Å². The molecule has 122 valence electrons. The van der Waals surface area contributed by atoms with Crippen LogP contribution in [-0.2, 0) is 21.3 Å². The van der Waals surface area contributed by atoms with Gasteiger partial charge in [-0.15, -0.1) is 0 Å². The van der Waals surface area contributed by atoms with E-state index in [1.807, 2.05) is 0 Å². The first-order valence-corrected chi connectivity index (χ1v) is 9.51. The van der Waals surface area contributed by atoms with Crippen LogP contribution in [0.1, 0.15) is 12.8 Å². The van der Waals surface area contributed by atoms with Gasteiger partial charge in [0.05, 0.1) is 0 Å². The Hall–Kier alpha value is -0.127. The molecule has 9 heteroatoms. The standard InChI is InChI=1S/2C5H5.C3F6.2ClH.Zr/c2*1-2-4-5-3-1;4-2(5,6)1-3(7,8)9;;;/h2*1-3H,4H2;;2*1H;/q;;;;;+2/p-2. The van der Waals surface area contributed by atoms with Gasteiger partial charge in [0.25, 0.3) is 0 Å². The van der Waals surface area contributed by atoms with Crippen LogP contribution >= 0.6 is 0 Å². The van der Waals surface area contributed by atoms with Crippen molar-refractivity contribution in [3.8, 4) is 0 Å². The summed E-state index contributed by atoms with van der Waals surface area (Å²) in [6.45, 7) is 0. The number of allylic oxidation sites excluding steroid dienone is 8. The van der Waals surface area contributed by atoms with E-state index >= 15 is 0 Å². The molecule has 0 aromatic heterocycles. The van der Waals surface area contributed by atoms with E-state index in [4.69, 9.17) is 0 Å². The van der Waals surface area contributed by atoms with Gasteiger partial charge in [-0.2, -0.15) is 0 Å². The molecule has 0 unspecified atom stereocenters. The quantitative estimate of drug-likeness (QED) is 0.462. The molecule has 22 heavy (non-hydrogen) atoms. The number of rotatable bonds is 2. The third kappa shape index (κ3) is 4.94. The molecular formula is C13H10Cl2F6Zr. The normalized spacial score (nSPS) is 16.2. The van der Waals surface area contributed by atoms with E-state index < -0.39 is 36.8 Å². The first-order chi connectivity index (χ1) is 9.21. The molecule has 0 heterocycles. The van der Waals surface area contributed by atoms with Gasteiger partial charge >= 0.3 is 119 Å². The monoisotopic (exact) mass is 440 g/mol. The van der Waals surface area contributed by atoms with Gasteiger partial charge in [-0.3, -0.25) is 0 Å². The summed E-state index contributed by atoms with van der Waals surface area (Å²) in [6, 6.07) is 0. The van der Waals surface area contributed by atoms with Gasteiger partial charge in [-0.1, -0.05) is 0 Å². The Labute approximate surface area is 143 Å². The van der Waals surface area contributed by atoms with Crippen molar-refractivity contribution in [2.24, 2.45) is 0 Å². The molecule has 0 aromatic carbocycles. The first kappa shape index (κ1) is 21.9. The van der Waals surface area contributed by atoms with E-state index in [1.54, 1.807) is 12.2 Å². The summed E-state index contributed by atoms with van der Waals surface area (Å²) in [5.41, 5.74) is 0. The SMILES string of the molecule is FC(F)(F)[C](=[Zr+2]([C]1=CC=CC1)[C]1=CC=CC1)C(F)(F)F.[Cl-].[Cl-]. The van der Waals surface area contributed by atoms with E-state index in [0.29, 0.717) is 6.56 Å². The second kappa shape index (κ2) is 8.11. The summed E-state index contributed by atoms with van der Waals surface area (Å²) in [6.07, 6.45) is -1.14. The van der Waals surface area contributed by atoms with Crippen molar-refractivity contribution in [1.29, 1.82) is 0 Å². The molecule has 0 atom stereocenters. The van der Waals surface area contributed by atoms with Crippen LogP contribution in [0, 0.1) is 0 Å². The van der Waals surface area contributed by atoms with Gasteiger partial charge in [-0.05, 0) is 0 Å². The topological polar surface area (TPSA) is 0 Å². The van der Waals surface area contributed by atoms with Crippen LogP contribution in [0.15, 0.2) is 43.0 Å². The summed E-state index contributed by atoms with van der Waals surface area (Å²) in [7, 11) is 0. The van der Waals surface area contributed by atoms with Gasteiger partial charge < -0.3 is 24.8 Å². The zero-order valence-electron chi connectivity index (χ0n) is 10.9. The van der Waals surface area contributed by atoms with Gasteiger partial charge in [0, 0.05) is 0 Å². The van der Waals surface area contributed by atoms with E-state index in [2.05, 4.69) is 0 Å². The molecule has 2 aliphatic carbocycles. The molecule has 2 aliphatic rings. The van der Waals surface area contributed by atoms with Crippen LogP contribution in [0.5, 0.6) is 0 Å². The summed E-state index contributed by atoms with van der Waals surface area (Å²) < 4.78 is 76.3. The molecule has 0 saturated heterocycles. The van der Waals surface area contributed by atoms with Crippen molar-refractivity contribution in [2.75, 3.05) is 0 Å². The maximum Gasteiger partial charge on any atom is -1.00 e. The smallest absolute Gasteiger partial charge is 1.00 e. The van der Waals surface area contributed by atoms with Crippen molar-refractivity contribution in [1.82, 2.24) is 0 Å². The molecule has 0 saturated carbocycles. The van der Waals surface area contributed by atoms with E-state index in [0.717, 1.165) is 0 Å². The number of hydrogen-bond donors (Lipinski definition) is 0. The zero-order chi connectivity index (χ0) is 15.0. The molecule has 0 bridgehead atoms. The van der Waals surface area contributed by atoms with Crippen molar-refractivity contribution >= 4 is 3.21 Å². The minimum atomic E-state index is -5.32. The minimum absolute atomic E-state index is 0. The molecular weight excluding hydrogens is 432 g/mol. The van der Waals surface area contributed by atoms with Gasteiger partial charge in [0.2, 0.25) is 0 Å². The average Bonchev–Trinajstić information content (AvgIpc) is 2.95. The Bertz CT molecular complexity index is 516. The molecule has 2 rings (SSSR count). The fourth-order valence-corrected chi connectivity index (χ4v) is 9.10. The molecule has 0 amide bonds. The largest absolute Gasteiger partial charge is 1.00 e. The Balaban J connectivity index is 0.00000220. The second-order valence-corrected chi connectivity index (χ2v) is 10.6. The third-order valence-electron chi connectivity index (χ3n) is 3.00. The van der Waals surface area contributed by atoms with Gasteiger partial charge in [0.15, 0.2) is 0 Å². The van der Waals surface area contributed by atoms with Crippen LogP contribution in [-0.4, -0.2) is 15.6 Å². The first-order valence-electron chi connectivity index (χ1n) is 5.82. The van der Waals surface area contributed by atoms with Crippen LogP contribution in [0.2, 0.25) is 0 Å². The Morgan fingerprint density at radius 3 is 1.36 bits per heavy atom. The second-order valence-electron chi connectivity index (χ2n) is 4.39. The summed E-state index contributed by atoms with van der Waals surface area (Å²) in [4.78, 5) is 0. The molecule has 0 N–H and O–H groups in total. The van der Waals surface area contributed by atoms with E-state index in [1.165, 1.54) is 24.3 Å². The van der Waals surface area contributed by atoms with Crippen LogP contribution in [0.4, 0.5) is 26.3 Å². The zero-order valence-corrected chi connectivity index (χ0v) is 14.9. The summed E-state index contributed by atoms with van der Waals surface area (Å²) in [5, 5.41) is 0. The minimum Gasteiger partial charge on any atom is -1.00 e. The fourth-order valence-electron chi connectivity index (χ4n) is 2.24. The number of alkyl halides is 6.